The molecule has 0 radical (unpaired) electrons. The molecule has 0 bridgehead atoms. The van der Waals surface area contributed by atoms with Gasteiger partial charge in [0.1, 0.15) is 11.6 Å². The molecule has 0 aliphatic carbocycles. The van der Waals surface area contributed by atoms with Crippen molar-refractivity contribution in [2.75, 3.05) is 7.11 Å². The number of hydrogen-bond acceptors (Lipinski definition) is 3. The number of aryl methyl sites for hydroxylation is 1. The molecule has 0 spiro atoms. The van der Waals surface area contributed by atoms with Crippen LogP contribution < -0.4 is 4.74 Å². The Hall–Kier alpha value is -1.97. The van der Waals surface area contributed by atoms with Gasteiger partial charge in [-0.05, 0) is 19.1 Å². The lowest BCUT2D eigenvalue weighted by Gasteiger charge is -2.07. The molecule has 0 N–H and O–H groups in total. The van der Waals surface area contributed by atoms with Crippen molar-refractivity contribution in [3.8, 4) is 17.0 Å². The smallest absolute Gasteiger partial charge is 0.131 e. The Balaban J connectivity index is 2.51. The highest BCUT2D eigenvalue weighted by atomic mass is 19.1. The topological polar surface area (TPSA) is 35.0 Å². The Morgan fingerprint density at radius 3 is 2.62 bits per heavy atom. The van der Waals surface area contributed by atoms with E-state index in [0.717, 1.165) is 11.3 Å². The highest BCUT2D eigenvalue weighted by Gasteiger charge is 2.08. The molecule has 0 amide bonds. The molecule has 0 saturated carbocycles. The number of halogens is 1. The number of methoxy groups -OCH3 is 1. The van der Waals surface area contributed by atoms with Crippen molar-refractivity contribution in [1.29, 1.82) is 0 Å². The summed E-state index contributed by atoms with van der Waals surface area (Å²) in [5.74, 6) is 0.124. The van der Waals surface area contributed by atoms with Crippen LogP contribution in [0.5, 0.6) is 5.75 Å². The van der Waals surface area contributed by atoms with Crippen molar-refractivity contribution in [2.24, 2.45) is 0 Å². The van der Waals surface area contributed by atoms with Gasteiger partial charge in [-0.15, -0.1) is 0 Å². The lowest BCUT2D eigenvalue weighted by atomic mass is 10.1. The predicted molar refractivity (Wildman–Crippen MR) is 58.7 cm³/mol. The summed E-state index contributed by atoms with van der Waals surface area (Å²) < 4.78 is 18.1. The number of ether oxygens (including phenoxy) is 1. The molecule has 1 aromatic carbocycles. The number of benzene rings is 1. The standard InChI is InChI=1S/C12H11FN2O/c1-8-6-15-11(7-14-8)10-4-3-9(13)5-12(10)16-2/h3-7H,1-2H3. The van der Waals surface area contributed by atoms with E-state index < -0.39 is 0 Å². The molecule has 0 atom stereocenters. The zero-order chi connectivity index (χ0) is 11.5. The van der Waals surface area contributed by atoms with Gasteiger partial charge in [0.15, 0.2) is 0 Å². The van der Waals surface area contributed by atoms with E-state index in [-0.39, 0.29) is 5.82 Å². The normalized spacial score (nSPS) is 10.2. The Morgan fingerprint density at radius 2 is 2.00 bits per heavy atom. The summed E-state index contributed by atoms with van der Waals surface area (Å²) in [7, 11) is 1.50. The molecule has 0 aliphatic heterocycles. The fourth-order valence-corrected chi connectivity index (χ4v) is 1.41. The first-order chi connectivity index (χ1) is 7.70. The largest absolute Gasteiger partial charge is 0.496 e. The van der Waals surface area contributed by atoms with Crippen molar-refractivity contribution >= 4 is 0 Å². The van der Waals surface area contributed by atoms with Crippen LogP contribution in [0.25, 0.3) is 11.3 Å². The number of aromatic nitrogens is 2. The Morgan fingerprint density at radius 1 is 1.19 bits per heavy atom. The van der Waals surface area contributed by atoms with Crippen molar-refractivity contribution in [1.82, 2.24) is 9.97 Å². The molecule has 0 unspecified atom stereocenters. The molecule has 0 fully saturated rings. The minimum absolute atomic E-state index is 0.333. The molecule has 2 rings (SSSR count). The van der Waals surface area contributed by atoms with E-state index in [1.165, 1.54) is 19.2 Å². The van der Waals surface area contributed by atoms with Gasteiger partial charge >= 0.3 is 0 Å². The van der Waals surface area contributed by atoms with Crippen LogP contribution in [0, 0.1) is 12.7 Å². The molecule has 3 nitrogen and oxygen atoms in total. The third-order valence-corrected chi connectivity index (χ3v) is 2.22. The third kappa shape index (κ3) is 2.00. The van der Waals surface area contributed by atoms with E-state index >= 15 is 0 Å². The van der Waals surface area contributed by atoms with Gasteiger partial charge in [0.25, 0.3) is 0 Å². The number of hydrogen-bond donors (Lipinski definition) is 0. The quantitative estimate of drug-likeness (QED) is 0.777. The average molecular weight is 218 g/mol. The van der Waals surface area contributed by atoms with Crippen molar-refractivity contribution < 1.29 is 9.13 Å². The van der Waals surface area contributed by atoms with Crippen LogP contribution in [0.4, 0.5) is 4.39 Å². The van der Waals surface area contributed by atoms with E-state index in [2.05, 4.69) is 9.97 Å². The van der Waals surface area contributed by atoms with Gasteiger partial charge in [0, 0.05) is 17.8 Å². The molecule has 1 heterocycles. The second kappa shape index (κ2) is 4.26. The summed E-state index contributed by atoms with van der Waals surface area (Å²) in [6.07, 6.45) is 3.31. The summed E-state index contributed by atoms with van der Waals surface area (Å²) in [6.45, 7) is 1.86. The van der Waals surface area contributed by atoms with Gasteiger partial charge < -0.3 is 4.74 Å². The van der Waals surface area contributed by atoms with Gasteiger partial charge in [0.2, 0.25) is 0 Å². The lowest BCUT2D eigenvalue weighted by Crippen LogP contribution is -1.92. The first-order valence-electron chi connectivity index (χ1n) is 4.83. The molecule has 2 aromatic rings. The summed E-state index contributed by atoms with van der Waals surface area (Å²) in [5, 5.41) is 0. The number of nitrogens with zero attached hydrogens (tertiary/aromatic N) is 2. The van der Waals surface area contributed by atoms with Gasteiger partial charge in [-0.25, -0.2) is 4.39 Å². The second-order valence-corrected chi connectivity index (χ2v) is 3.39. The van der Waals surface area contributed by atoms with E-state index in [0.29, 0.717) is 11.4 Å². The first kappa shape index (κ1) is 10.5. The Labute approximate surface area is 92.9 Å². The Bertz CT molecular complexity index is 497. The van der Waals surface area contributed by atoms with Crippen LogP contribution in [0.15, 0.2) is 30.6 Å². The zero-order valence-corrected chi connectivity index (χ0v) is 9.07. The highest BCUT2D eigenvalue weighted by Crippen LogP contribution is 2.28. The van der Waals surface area contributed by atoms with E-state index in [1.807, 2.05) is 6.92 Å². The molecule has 16 heavy (non-hydrogen) atoms. The zero-order valence-electron chi connectivity index (χ0n) is 9.07. The van der Waals surface area contributed by atoms with Crippen LogP contribution in [-0.4, -0.2) is 17.1 Å². The summed E-state index contributed by atoms with van der Waals surface area (Å²) in [5.41, 5.74) is 2.24. The minimum atomic E-state index is -0.333. The van der Waals surface area contributed by atoms with E-state index in [9.17, 15) is 4.39 Å². The van der Waals surface area contributed by atoms with Gasteiger partial charge in [0.05, 0.1) is 24.7 Å². The monoisotopic (exact) mass is 218 g/mol. The maximum Gasteiger partial charge on any atom is 0.131 e. The van der Waals surface area contributed by atoms with Crippen LogP contribution in [0.2, 0.25) is 0 Å². The third-order valence-electron chi connectivity index (χ3n) is 2.22. The molecule has 82 valence electrons. The van der Waals surface area contributed by atoms with Crippen LogP contribution in [-0.2, 0) is 0 Å². The Kier molecular flexibility index (Phi) is 2.81. The average Bonchev–Trinajstić information content (AvgIpc) is 2.30. The summed E-state index contributed by atoms with van der Waals surface area (Å²) >= 11 is 0. The molecule has 4 heteroatoms. The lowest BCUT2D eigenvalue weighted by molar-refractivity contribution is 0.413. The van der Waals surface area contributed by atoms with Gasteiger partial charge in [-0.3, -0.25) is 9.97 Å². The first-order valence-corrected chi connectivity index (χ1v) is 4.83. The van der Waals surface area contributed by atoms with Crippen LogP contribution in [0.1, 0.15) is 5.69 Å². The fourth-order valence-electron chi connectivity index (χ4n) is 1.41. The van der Waals surface area contributed by atoms with Crippen LogP contribution >= 0.6 is 0 Å². The summed E-state index contributed by atoms with van der Waals surface area (Å²) in [4.78, 5) is 8.36. The van der Waals surface area contributed by atoms with Crippen molar-refractivity contribution in [3.63, 3.8) is 0 Å². The maximum absolute atomic E-state index is 13.0. The van der Waals surface area contributed by atoms with E-state index in [1.54, 1.807) is 18.5 Å². The maximum atomic E-state index is 13.0. The highest BCUT2D eigenvalue weighted by molar-refractivity contribution is 5.66. The molecule has 0 aliphatic rings. The number of rotatable bonds is 2. The van der Waals surface area contributed by atoms with Crippen molar-refractivity contribution in [2.45, 2.75) is 6.92 Å². The molecule has 0 saturated heterocycles. The minimum Gasteiger partial charge on any atom is -0.496 e. The molecular weight excluding hydrogens is 207 g/mol. The fraction of sp³-hybridized carbons (Fsp3) is 0.167. The molecule has 1 aromatic heterocycles. The SMILES string of the molecule is COc1cc(F)ccc1-c1cnc(C)cn1. The van der Waals surface area contributed by atoms with Crippen LogP contribution in [0.3, 0.4) is 0 Å². The van der Waals surface area contributed by atoms with Crippen molar-refractivity contribution in [3.05, 3.63) is 42.1 Å². The second-order valence-electron chi connectivity index (χ2n) is 3.39. The molecular formula is C12H11FN2O. The van der Waals surface area contributed by atoms with Gasteiger partial charge in [-0.1, -0.05) is 0 Å². The summed E-state index contributed by atoms with van der Waals surface area (Å²) in [6, 6.07) is 4.34. The van der Waals surface area contributed by atoms with E-state index in [4.69, 9.17) is 4.74 Å². The predicted octanol–water partition coefficient (Wildman–Crippen LogP) is 2.60. The van der Waals surface area contributed by atoms with Gasteiger partial charge in [-0.2, -0.15) is 0 Å².